The molecule has 0 aromatic carbocycles. The van der Waals surface area contributed by atoms with Crippen LogP contribution in [-0.2, 0) is 0 Å². The highest BCUT2D eigenvalue weighted by molar-refractivity contribution is 9.09. The summed E-state index contributed by atoms with van der Waals surface area (Å²) >= 11 is 3.60. The second-order valence-corrected chi connectivity index (χ2v) is 5.23. The smallest absolute Gasteiger partial charge is 0.00717 e. The molecule has 1 nitrogen and oxygen atoms in total. The fourth-order valence-corrected chi connectivity index (χ4v) is 2.89. The summed E-state index contributed by atoms with van der Waals surface area (Å²) in [5.74, 6) is 1.86. The van der Waals surface area contributed by atoms with Gasteiger partial charge in [0.1, 0.15) is 0 Å². The Morgan fingerprint density at radius 2 is 1.93 bits per heavy atom. The lowest BCUT2D eigenvalue weighted by Gasteiger charge is -2.33. The summed E-state index contributed by atoms with van der Waals surface area (Å²) < 4.78 is 0. The minimum atomic E-state index is 0.855. The van der Waals surface area contributed by atoms with Gasteiger partial charge in [0.25, 0.3) is 0 Å². The van der Waals surface area contributed by atoms with Crippen molar-refractivity contribution in [3.63, 3.8) is 0 Å². The van der Waals surface area contributed by atoms with Gasteiger partial charge in [0, 0.05) is 11.9 Å². The van der Waals surface area contributed by atoms with Crippen LogP contribution in [0.4, 0.5) is 0 Å². The van der Waals surface area contributed by atoms with Gasteiger partial charge in [0.2, 0.25) is 0 Å². The molecule has 0 radical (unpaired) electrons. The van der Waals surface area contributed by atoms with Crippen LogP contribution in [0.3, 0.4) is 0 Å². The first-order valence-electron chi connectivity index (χ1n) is 6.08. The number of piperidine rings is 1. The first-order valence-corrected chi connectivity index (χ1v) is 7.20. The number of hydrogen-bond donors (Lipinski definition) is 0. The summed E-state index contributed by atoms with van der Waals surface area (Å²) in [7, 11) is 0. The topological polar surface area (TPSA) is 3.24 Å². The van der Waals surface area contributed by atoms with Crippen molar-refractivity contribution in [2.24, 2.45) is 11.8 Å². The number of nitrogens with zero attached hydrogens (tertiary/aromatic N) is 1. The van der Waals surface area contributed by atoms with Gasteiger partial charge >= 0.3 is 0 Å². The van der Waals surface area contributed by atoms with Crippen LogP contribution in [0.25, 0.3) is 0 Å². The first kappa shape index (κ1) is 12.5. The fraction of sp³-hybridized carbons (Fsp3) is 1.00. The quantitative estimate of drug-likeness (QED) is 0.685. The Labute approximate surface area is 97.4 Å². The summed E-state index contributed by atoms with van der Waals surface area (Å²) in [5.41, 5.74) is 0. The minimum absolute atomic E-state index is 0.855. The standard InChI is InChI=1S/C12H24BrN/c1-3-11-5-7-14(8-6-11)10-12(4-2)9-13/h11-12H,3-10H2,1-2H3. The van der Waals surface area contributed by atoms with E-state index in [0.717, 1.165) is 17.2 Å². The molecule has 0 bridgehead atoms. The summed E-state index contributed by atoms with van der Waals surface area (Å²) in [6, 6.07) is 0. The Morgan fingerprint density at radius 1 is 1.29 bits per heavy atom. The maximum atomic E-state index is 3.60. The third-order valence-corrected chi connectivity index (χ3v) is 4.51. The number of hydrogen-bond acceptors (Lipinski definition) is 1. The summed E-state index contributed by atoms with van der Waals surface area (Å²) in [6.07, 6.45) is 5.53. The molecule has 0 N–H and O–H groups in total. The third-order valence-electron chi connectivity index (χ3n) is 3.60. The number of halogens is 1. The number of likely N-dealkylation sites (tertiary alicyclic amines) is 1. The Morgan fingerprint density at radius 3 is 2.36 bits per heavy atom. The van der Waals surface area contributed by atoms with Gasteiger partial charge in [-0.3, -0.25) is 0 Å². The molecule has 1 saturated heterocycles. The summed E-state index contributed by atoms with van der Waals surface area (Å²) in [5, 5.41) is 1.16. The van der Waals surface area contributed by atoms with Crippen molar-refractivity contribution < 1.29 is 0 Å². The Hall–Kier alpha value is 0.440. The van der Waals surface area contributed by atoms with Crippen LogP contribution in [0.1, 0.15) is 39.5 Å². The predicted molar refractivity (Wildman–Crippen MR) is 67.0 cm³/mol. The lowest BCUT2D eigenvalue weighted by atomic mass is 9.94. The molecule has 0 spiro atoms. The maximum Gasteiger partial charge on any atom is 0.00717 e. The van der Waals surface area contributed by atoms with Crippen molar-refractivity contribution in [1.29, 1.82) is 0 Å². The summed E-state index contributed by atoms with van der Waals surface area (Å²) in [4.78, 5) is 2.65. The molecule has 1 unspecified atom stereocenters. The lowest BCUT2D eigenvalue weighted by molar-refractivity contribution is 0.162. The minimum Gasteiger partial charge on any atom is -0.303 e. The number of rotatable bonds is 5. The maximum absolute atomic E-state index is 3.60. The van der Waals surface area contributed by atoms with Crippen LogP contribution >= 0.6 is 15.9 Å². The van der Waals surface area contributed by atoms with Crippen molar-refractivity contribution in [2.45, 2.75) is 39.5 Å². The highest BCUT2D eigenvalue weighted by Gasteiger charge is 2.19. The van der Waals surface area contributed by atoms with Crippen LogP contribution < -0.4 is 0 Å². The van der Waals surface area contributed by atoms with Crippen LogP contribution in [0.5, 0.6) is 0 Å². The average molecular weight is 262 g/mol. The molecule has 1 heterocycles. The molecule has 0 amide bonds. The van der Waals surface area contributed by atoms with E-state index < -0.39 is 0 Å². The van der Waals surface area contributed by atoms with Gasteiger partial charge in [0.05, 0.1) is 0 Å². The van der Waals surface area contributed by atoms with Crippen LogP contribution in [0.15, 0.2) is 0 Å². The normalized spacial score (nSPS) is 22.5. The van der Waals surface area contributed by atoms with Crippen molar-refractivity contribution in [2.75, 3.05) is 25.0 Å². The molecule has 0 aromatic rings. The zero-order valence-electron chi connectivity index (χ0n) is 9.64. The molecular weight excluding hydrogens is 238 g/mol. The largest absolute Gasteiger partial charge is 0.303 e. The molecule has 84 valence electrons. The van der Waals surface area contributed by atoms with E-state index in [1.807, 2.05) is 0 Å². The van der Waals surface area contributed by atoms with E-state index in [1.54, 1.807) is 0 Å². The SMILES string of the molecule is CCC1CCN(CC(CC)CBr)CC1. The zero-order chi connectivity index (χ0) is 10.4. The average Bonchev–Trinajstić information content (AvgIpc) is 2.26. The van der Waals surface area contributed by atoms with Crippen LogP contribution in [-0.4, -0.2) is 29.9 Å². The van der Waals surface area contributed by atoms with E-state index in [1.165, 1.54) is 45.3 Å². The van der Waals surface area contributed by atoms with Crippen LogP contribution in [0.2, 0.25) is 0 Å². The van der Waals surface area contributed by atoms with Gasteiger partial charge in [-0.25, -0.2) is 0 Å². The second-order valence-electron chi connectivity index (χ2n) is 4.58. The third kappa shape index (κ3) is 3.90. The first-order chi connectivity index (χ1) is 6.80. The van der Waals surface area contributed by atoms with Crippen molar-refractivity contribution >= 4 is 15.9 Å². The van der Waals surface area contributed by atoms with Crippen molar-refractivity contribution in [3.8, 4) is 0 Å². The molecule has 14 heavy (non-hydrogen) atoms. The van der Waals surface area contributed by atoms with Gasteiger partial charge in [-0.2, -0.15) is 0 Å². The van der Waals surface area contributed by atoms with Crippen molar-refractivity contribution in [3.05, 3.63) is 0 Å². The van der Waals surface area contributed by atoms with Crippen molar-refractivity contribution in [1.82, 2.24) is 4.90 Å². The molecule has 2 heteroatoms. The molecule has 1 aliphatic heterocycles. The Balaban J connectivity index is 2.21. The molecular formula is C12H24BrN. The number of alkyl halides is 1. The van der Waals surface area contributed by atoms with E-state index in [0.29, 0.717) is 0 Å². The van der Waals surface area contributed by atoms with Gasteiger partial charge in [-0.05, 0) is 37.8 Å². The zero-order valence-corrected chi connectivity index (χ0v) is 11.2. The summed E-state index contributed by atoms with van der Waals surface area (Å²) in [6.45, 7) is 8.60. The van der Waals surface area contributed by atoms with Gasteiger partial charge in [-0.15, -0.1) is 0 Å². The molecule has 1 aliphatic rings. The molecule has 1 fully saturated rings. The molecule has 0 aromatic heterocycles. The predicted octanol–water partition coefficient (Wildman–Crippen LogP) is 3.53. The van der Waals surface area contributed by atoms with E-state index >= 15 is 0 Å². The monoisotopic (exact) mass is 261 g/mol. The molecule has 1 rings (SSSR count). The van der Waals surface area contributed by atoms with Crippen LogP contribution in [0, 0.1) is 11.8 Å². The van der Waals surface area contributed by atoms with E-state index in [4.69, 9.17) is 0 Å². The Bertz CT molecular complexity index is 137. The van der Waals surface area contributed by atoms with Gasteiger partial charge in [0.15, 0.2) is 0 Å². The van der Waals surface area contributed by atoms with E-state index in [-0.39, 0.29) is 0 Å². The Kier molecular flexibility index (Phi) is 6.11. The molecule has 1 atom stereocenters. The van der Waals surface area contributed by atoms with Gasteiger partial charge in [-0.1, -0.05) is 42.6 Å². The molecule has 0 aliphatic carbocycles. The lowest BCUT2D eigenvalue weighted by Crippen LogP contribution is -2.37. The van der Waals surface area contributed by atoms with Gasteiger partial charge < -0.3 is 4.90 Å². The van der Waals surface area contributed by atoms with E-state index in [9.17, 15) is 0 Å². The highest BCUT2D eigenvalue weighted by Crippen LogP contribution is 2.21. The van der Waals surface area contributed by atoms with E-state index in [2.05, 4.69) is 34.7 Å². The second kappa shape index (κ2) is 6.84. The highest BCUT2D eigenvalue weighted by atomic mass is 79.9. The fourth-order valence-electron chi connectivity index (χ4n) is 2.23. The molecule has 0 saturated carbocycles.